The molecule has 6 nitrogen and oxygen atoms in total. The van der Waals surface area contributed by atoms with Crippen LogP contribution in [0.25, 0.3) is 11.0 Å². The Morgan fingerprint density at radius 2 is 1.89 bits per heavy atom. The molecule has 0 fully saturated rings. The minimum atomic E-state index is -0.362. The third-order valence-corrected chi connectivity index (χ3v) is 4.55. The first kappa shape index (κ1) is 17.4. The van der Waals surface area contributed by atoms with Crippen LogP contribution in [0.2, 0.25) is 0 Å². The molecule has 1 N–H and O–H groups in total. The number of ether oxygens (including phenoxy) is 3. The van der Waals surface area contributed by atoms with E-state index in [4.69, 9.17) is 18.6 Å². The predicted molar refractivity (Wildman–Crippen MR) is 102 cm³/mol. The molecule has 1 aromatic heterocycles. The minimum Gasteiger partial charge on any atom is -0.497 e. The highest BCUT2D eigenvalue weighted by atomic mass is 16.6. The van der Waals surface area contributed by atoms with Gasteiger partial charge in [0.15, 0.2) is 11.5 Å². The fraction of sp³-hybridized carbons (Fsp3) is 0.286. The molecule has 0 unspecified atom stereocenters. The van der Waals surface area contributed by atoms with Crippen molar-refractivity contribution in [3.8, 4) is 17.2 Å². The highest BCUT2D eigenvalue weighted by molar-refractivity contribution is 5.81. The number of methoxy groups -OCH3 is 1. The number of rotatable bonds is 6. The first-order valence-corrected chi connectivity index (χ1v) is 8.93. The summed E-state index contributed by atoms with van der Waals surface area (Å²) in [7, 11) is 1.59. The Morgan fingerprint density at radius 3 is 2.74 bits per heavy atom. The summed E-state index contributed by atoms with van der Waals surface area (Å²) in [6.45, 7) is 2.54. The van der Waals surface area contributed by atoms with Gasteiger partial charge in [0.05, 0.1) is 7.11 Å². The molecule has 3 aromatic rings. The van der Waals surface area contributed by atoms with Crippen molar-refractivity contribution in [1.29, 1.82) is 0 Å². The van der Waals surface area contributed by atoms with E-state index in [0.29, 0.717) is 31.1 Å². The third-order valence-electron chi connectivity index (χ3n) is 4.55. The van der Waals surface area contributed by atoms with Gasteiger partial charge in [0.2, 0.25) is 0 Å². The lowest BCUT2D eigenvalue weighted by atomic mass is 10.1. The SMILES string of the molecule is COc1ccc2c(CNCCc3ccc4c(c3)OCCO4)cc(=O)oc2c1. The zero-order valence-corrected chi connectivity index (χ0v) is 15.1. The van der Waals surface area contributed by atoms with Crippen LogP contribution in [0.5, 0.6) is 17.2 Å². The van der Waals surface area contributed by atoms with Gasteiger partial charge in [-0.25, -0.2) is 4.79 Å². The molecule has 0 saturated heterocycles. The van der Waals surface area contributed by atoms with E-state index in [1.165, 1.54) is 11.6 Å². The van der Waals surface area contributed by atoms with Crippen LogP contribution in [0.15, 0.2) is 51.7 Å². The van der Waals surface area contributed by atoms with Crippen molar-refractivity contribution >= 4 is 11.0 Å². The maximum absolute atomic E-state index is 11.8. The highest BCUT2D eigenvalue weighted by Gasteiger charge is 2.11. The Bertz CT molecular complexity index is 1010. The van der Waals surface area contributed by atoms with Gasteiger partial charge in [-0.05, 0) is 48.4 Å². The van der Waals surface area contributed by atoms with E-state index >= 15 is 0 Å². The summed E-state index contributed by atoms with van der Waals surface area (Å²) in [6, 6.07) is 13.1. The van der Waals surface area contributed by atoms with Gasteiger partial charge in [-0.15, -0.1) is 0 Å². The van der Waals surface area contributed by atoms with Crippen LogP contribution in [0.3, 0.4) is 0 Å². The van der Waals surface area contributed by atoms with Gasteiger partial charge in [0.1, 0.15) is 24.5 Å². The second-order valence-electron chi connectivity index (χ2n) is 6.36. The maximum atomic E-state index is 11.8. The summed E-state index contributed by atoms with van der Waals surface area (Å²) >= 11 is 0. The molecule has 6 heteroatoms. The molecule has 0 saturated carbocycles. The van der Waals surface area contributed by atoms with Gasteiger partial charge >= 0.3 is 5.63 Å². The molecule has 2 heterocycles. The average Bonchev–Trinajstić information content (AvgIpc) is 2.70. The van der Waals surface area contributed by atoms with Crippen molar-refractivity contribution in [2.24, 2.45) is 0 Å². The highest BCUT2D eigenvalue weighted by Crippen LogP contribution is 2.30. The van der Waals surface area contributed by atoms with Crippen molar-refractivity contribution in [2.75, 3.05) is 26.9 Å². The van der Waals surface area contributed by atoms with Gasteiger partial charge in [-0.3, -0.25) is 0 Å². The third kappa shape index (κ3) is 3.90. The van der Waals surface area contributed by atoms with Gasteiger partial charge in [0.25, 0.3) is 0 Å². The van der Waals surface area contributed by atoms with Crippen LogP contribution < -0.4 is 25.2 Å². The smallest absolute Gasteiger partial charge is 0.336 e. The Balaban J connectivity index is 1.41. The molecule has 0 spiro atoms. The molecule has 140 valence electrons. The Hall–Kier alpha value is -2.99. The van der Waals surface area contributed by atoms with E-state index in [-0.39, 0.29) is 5.63 Å². The molecular weight excluding hydrogens is 346 g/mol. The minimum absolute atomic E-state index is 0.362. The lowest BCUT2D eigenvalue weighted by Crippen LogP contribution is -2.18. The van der Waals surface area contributed by atoms with Crippen LogP contribution >= 0.6 is 0 Å². The molecule has 0 radical (unpaired) electrons. The van der Waals surface area contributed by atoms with Crippen molar-refractivity contribution in [3.05, 3.63) is 64.0 Å². The number of nitrogens with one attached hydrogen (secondary N) is 1. The molecule has 1 aliphatic rings. The molecule has 27 heavy (non-hydrogen) atoms. The van der Waals surface area contributed by atoms with Crippen molar-refractivity contribution in [2.45, 2.75) is 13.0 Å². The van der Waals surface area contributed by atoms with Crippen LogP contribution in [-0.2, 0) is 13.0 Å². The Labute approximate surface area is 156 Å². The summed E-state index contributed by atoms with van der Waals surface area (Å²) in [5.74, 6) is 2.27. The van der Waals surface area contributed by atoms with Crippen molar-refractivity contribution < 1.29 is 18.6 Å². The monoisotopic (exact) mass is 367 g/mol. The summed E-state index contributed by atoms with van der Waals surface area (Å²) in [5, 5.41) is 4.30. The number of fused-ring (bicyclic) bond motifs is 2. The lowest BCUT2D eigenvalue weighted by molar-refractivity contribution is 0.171. The zero-order chi connectivity index (χ0) is 18.6. The molecule has 0 atom stereocenters. The topological polar surface area (TPSA) is 69.9 Å². The van der Waals surface area contributed by atoms with E-state index in [2.05, 4.69) is 5.32 Å². The van der Waals surface area contributed by atoms with Crippen LogP contribution in [0, 0.1) is 0 Å². The van der Waals surface area contributed by atoms with Crippen LogP contribution in [0.4, 0.5) is 0 Å². The van der Waals surface area contributed by atoms with Crippen molar-refractivity contribution in [1.82, 2.24) is 5.32 Å². The van der Waals surface area contributed by atoms with E-state index in [1.807, 2.05) is 30.3 Å². The molecule has 0 bridgehead atoms. The first-order chi connectivity index (χ1) is 13.2. The summed E-state index contributed by atoms with van der Waals surface area (Å²) < 4.78 is 21.6. The summed E-state index contributed by atoms with van der Waals surface area (Å²) in [6.07, 6.45) is 0.851. The van der Waals surface area contributed by atoms with E-state index in [1.54, 1.807) is 13.2 Å². The van der Waals surface area contributed by atoms with Crippen LogP contribution in [-0.4, -0.2) is 26.9 Å². The fourth-order valence-corrected chi connectivity index (χ4v) is 3.18. The summed E-state index contributed by atoms with van der Waals surface area (Å²) in [4.78, 5) is 11.8. The second kappa shape index (κ2) is 7.72. The van der Waals surface area contributed by atoms with E-state index < -0.39 is 0 Å². The fourth-order valence-electron chi connectivity index (χ4n) is 3.18. The quantitative estimate of drug-likeness (QED) is 0.534. The van der Waals surface area contributed by atoms with Gasteiger partial charge in [0, 0.05) is 24.1 Å². The van der Waals surface area contributed by atoms with Crippen molar-refractivity contribution in [3.63, 3.8) is 0 Å². The second-order valence-corrected chi connectivity index (χ2v) is 6.36. The van der Waals surface area contributed by atoms with E-state index in [9.17, 15) is 4.79 Å². The van der Waals surface area contributed by atoms with Gasteiger partial charge in [-0.2, -0.15) is 0 Å². The Kier molecular flexibility index (Phi) is 4.98. The van der Waals surface area contributed by atoms with E-state index in [0.717, 1.165) is 35.4 Å². The molecule has 0 amide bonds. The normalized spacial score (nSPS) is 12.9. The largest absolute Gasteiger partial charge is 0.497 e. The Morgan fingerprint density at radius 1 is 1.04 bits per heavy atom. The molecule has 2 aromatic carbocycles. The zero-order valence-electron chi connectivity index (χ0n) is 15.1. The predicted octanol–water partition coefficient (Wildman–Crippen LogP) is 2.91. The maximum Gasteiger partial charge on any atom is 0.336 e. The standard InChI is InChI=1S/C21H21NO5/c1-24-16-3-4-17-15(11-21(23)27-19(17)12-16)13-22-7-6-14-2-5-18-20(10-14)26-9-8-25-18/h2-5,10-12,22H,6-9,13H2,1H3. The molecular formula is C21H21NO5. The number of benzene rings is 2. The molecule has 1 aliphatic heterocycles. The van der Waals surface area contributed by atoms with Gasteiger partial charge < -0.3 is 23.9 Å². The van der Waals surface area contributed by atoms with Crippen LogP contribution in [0.1, 0.15) is 11.1 Å². The first-order valence-electron chi connectivity index (χ1n) is 8.93. The number of hydrogen-bond donors (Lipinski definition) is 1. The lowest BCUT2D eigenvalue weighted by Gasteiger charge is -2.18. The average molecular weight is 367 g/mol. The number of hydrogen-bond acceptors (Lipinski definition) is 6. The molecule has 4 rings (SSSR count). The van der Waals surface area contributed by atoms with Gasteiger partial charge in [-0.1, -0.05) is 6.07 Å². The molecule has 0 aliphatic carbocycles. The summed E-state index contributed by atoms with van der Waals surface area (Å²) in [5.41, 5.74) is 2.25.